The summed E-state index contributed by atoms with van der Waals surface area (Å²) < 4.78 is 47.3. The summed E-state index contributed by atoms with van der Waals surface area (Å²) in [4.78, 5) is 11.1. The summed E-state index contributed by atoms with van der Waals surface area (Å²) >= 11 is 0. The van der Waals surface area contributed by atoms with E-state index in [0.29, 0.717) is 28.2 Å². The van der Waals surface area contributed by atoms with Gasteiger partial charge in [0, 0.05) is 6.42 Å². The first-order chi connectivity index (χ1) is 15.8. The molecule has 0 saturated heterocycles. The molecule has 0 heterocycles. The van der Waals surface area contributed by atoms with Crippen molar-refractivity contribution in [3.63, 3.8) is 0 Å². The molecule has 7 heteroatoms. The molecule has 0 amide bonds. The molecule has 168 valence electrons. The Morgan fingerprint density at radius 3 is 2.15 bits per heavy atom. The standard InChI is InChI=1S/C26H19F3O4/c27-26(28,29)33-22-11-7-18(8-12-22)21-6-5-19(10-14-25(30)31)24(16-21)32-23-13-9-17-3-1-2-4-20(17)15-23/h1-9,11-13,15-16H,10,14H2,(H,30,31). The number of halogens is 3. The zero-order chi connectivity index (χ0) is 23.4. The third kappa shape index (κ3) is 5.83. The SMILES string of the molecule is O=C(O)CCc1ccc(-c2ccc(OC(F)(F)F)cc2)cc1Oc1ccc2ccccc2c1. The van der Waals surface area contributed by atoms with Gasteiger partial charge in [-0.25, -0.2) is 0 Å². The Morgan fingerprint density at radius 2 is 1.45 bits per heavy atom. The number of hydrogen-bond acceptors (Lipinski definition) is 3. The lowest BCUT2D eigenvalue weighted by atomic mass is 10.0. The number of carbonyl (C=O) groups is 1. The molecule has 1 N–H and O–H groups in total. The summed E-state index contributed by atoms with van der Waals surface area (Å²) in [5, 5.41) is 11.1. The number of benzene rings is 4. The number of aryl methyl sites for hydroxylation is 1. The van der Waals surface area contributed by atoms with E-state index in [4.69, 9.17) is 9.84 Å². The molecule has 0 aromatic heterocycles. The van der Waals surface area contributed by atoms with E-state index < -0.39 is 12.3 Å². The molecule has 4 aromatic rings. The van der Waals surface area contributed by atoms with Gasteiger partial charge in [0.25, 0.3) is 0 Å². The van der Waals surface area contributed by atoms with Crippen molar-refractivity contribution in [2.24, 2.45) is 0 Å². The van der Waals surface area contributed by atoms with Gasteiger partial charge < -0.3 is 14.6 Å². The molecule has 0 fully saturated rings. The number of alkyl halides is 3. The van der Waals surface area contributed by atoms with Gasteiger partial charge in [-0.05, 0) is 64.2 Å². The van der Waals surface area contributed by atoms with Crippen LogP contribution in [0.15, 0.2) is 84.9 Å². The van der Waals surface area contributed by atoms with Gasteiger partial charge in [0.05, 0.1) is 0 Å². The summed E-state index contributed by atoms with van der Waals surface area (Å²) in [6, 6.07) is 24.3. The highest BCUT2D eigenvalue weighted by Crippen LogP contribution is 2.34. The molecule has 0 atom stereocenters. The summed E-state index contributed by atoms with van der Waals surface area (Å²) in [7, 11) is 0. The molecule has 4 rings (SSSR count). The fourth-order valence-corrected chi connectivity index (χ4v) is 3.48. The van der Waals surface area contributed by atoms with E-state index in [-0.39, 0.29) is 18.6 Å². The van der Waals surface area contributed by atoms with Gasteiger partial charge in [-0.3, -0.25) is 4.79 Å². The highest BCUT2D eigenvalue weighted by molar-refractivity contribution is 5.83. The highest BCUT2D eigenvalue weighted by atomic mass is 19.4. The average molecular weight is 452 g/mol. The van der Waals surface area contributed by atoms with Crippen LogP contribution in [0.1, 0.15) is 12.0 Å². The molecule has 0 radical (unpaired) electrons. The van der Waals surface area contributed by atoms with Crippen LogP contribution in [0.25, 0.3) is 21.9 Å². The molecular weight excluding hydrogens is 433 g/mol. The molecule has 4 nitrogen and oxygen atoms in total. The number of hydrogen-bond donors (Lipinski definition) is 1. The number of ether oxygens (including phenoxy) is 2. The van der Waals surface area contributed by atoms with Crippen LogP contribution >= 0.6 is 0 Å². The first-order valence-corrected chi connectivity index (χ1v) is 10.1. The summed E-state index contributed by atoms with van der Waals surface area (Å²) in [5.74, 6) is -0.149. The van der Waals surface area contributed by atoms with E-state index in [9.17, 15) is 18.0 Å². The Hall–Kier alpha value is -4.00. The second-order valence-electron chi connectivity index (χ2n) is 7.40. The van der Waals surface area contributed by atoms with Crippen molar-refractivity contribution in [2.45, 2.75) is 19.2 Å². The minimum absolute atomic E-state index is 0.0586. The third-order valence-electron chi connectivity index (χ3n) is 5.05. The van der Waals surface area contributed by atoms with Crippen LogP contribution in [0.4, 0.5) is 13.2 Å². The lowest BCUT2D eigenvalue weighted by Crippen LogP contribution is -2.16. The van der Waals surface area contributed by atoms with Crippen molar-refractivity contribution < 1.29 is 32.5 Å². The van der Waals surface area contributed by atoms with Crippen molar-refractivity contribution in [3.8, 4) is 28.4 Å². The Bertz CT molecular complexity index is 1280. The maximum Gasteiger partial charge on any atom is 0.573 e. The second-order valence-corrected chi connectivity index (χ2v) is 7.40. The van der Waals surface area contributed by atoms with Gasteiger partial charge >= 0.3 is 12.3 Å². The summed E-state index contributed by atoms with van der Waals surface area (Å²) in [5.41, 5.74) is 2.09. The van der Waals surface area contributed by atoms with E-state index in [0.717, 1.165) is 10.8 Å². The molecule has 0 bridgehead atoms. The third-order valence-corrected chi connectivity index (χ3v) is 5.05. The molecular formula is C26H19F3O4. The van der Waals surface area contributed by atoms with Gasteiger partial charge in [0.1, 0.15) is 17.2 Å². The molecule has 33 heavy (non-hydrogen) atoms. The van der Waals surface area contributed by atoms with Gasteiger partial charge in [-0.2, -0.15) is 0 Å². The fourth-order valence-electron chi connectivity index (χ4n) is 3.48. The number of rotatable bonds is 7. The van der Waals surface area contributed by atoms with Crippen molar-refractivity contribution in [1.82, 2.24) is 0 Å². The van der Waals surface area contributed by atoms with Crippen LogP contribution in [0.5, 0.6) is 17.2 Å². The zero-order valence-corrected chi connectivity index (χ0v) is 17.3. The van der Waals surface area contributed by atoms with Crippen molar-refractivity contribution >= 4 is 16.7 Å². The monoisotopic (exact) mass is 452 g/mol. The minimum atomic E-state index is -4.76. The summed E-state index contributed by atoms with van der Waals surface area (Å²) in [6.45, 7) is 0. The van der Waals surface area contributed by atoms with Crippen molar-refractivity contribution in [1.29, 1.82) is 0 Å². The van der Waals surface area contributed by atoms with Crippen LogP contribution in [0, 0.1) is 0 Å². The topological polar surface area (TPSA) is 55.8 Å². The van der Waals surface area contributed by atoms with Crippen LogP contribution in [0.3, 0.4) is 0 Å². The molecule has 0 aliphatic rings. The smallest absolute Gasteiger partial charge is 0.481 e. The maximum atomic E-state index is 12.4. The molecule has 0 aliphatic carbocycles. The molecule has 0 aliphatic heterocycles. The maximum absolute atomic E-state index is 12.4. The first-order valence-electron chi connectivity index (χ1n) is 10.1. The summed E-state index contributed by atoms with van der Waals surface area (Å²) in [6.07, 6.45) is -4.54. The lowest BCUT2D eigenvalue weighted by Gasteiger charge is -2.14. The molecule has 4 aromatic carbocycles. The molecule has 0 saturated carbocycles. The number of fused-ring (bicyclic) bond motifs is 1. The van der Waals surface area contributed by atoms with E-state index in [1.54, 1.807) is 18.2 Å². The van der Waals surface area contributed by atoms with Crippen molar-refractivity contribution in [2.75, 3.05) is 0 Å². The Kier molecular flexibility index (Phi) is 6.22. The quantitative estimate of drug-likeness (QED) is 0.322. The van der Waals surface area contributed by atoms with Crippen LogP contribution < -0.4 is 9.47 Å². The second kappa shape index (κ2) is 9.24. The van der Waals surface area contributed by atoms with Crippen LogP contribution in [-0.2, 0) is 11.2 Å². The van der Waals surface area contributed by atoms with Gasteiger partial charge in [-0.15, -0.1) is 13.2 Å². The predicted octanol–water partition coefficient (Wildman–Crippen LogP) is 7.21. The van der Waals surface area contributed by atoms with Gasteiger partial charge in [0.2, 0.25) is 0 Å². The normalized spacial score (nSPS) is 11.4. The largest absolute Gasteiger partial charge is 0.573 e. The Balaban J connectivity index is 1.65. The van der Waals surface area contributed by atoms with E-state index in [2.05, 4.69) is 4.74 Å². The predicted molar refractivity (Wildman–Crippen MR) is 119 cm³/mol. The van der Waals surface area contributed by atoms with E-state index >= 15 is 0 Å². The average Bonchev–Trinajstić information content (AvgIpc) is 2.77. The highest BCUT2D eigenvalue weighted by Gasteiger charge is 2.31. The molecule has 0 unspecified atom stereocenters. The zero-order valence-electron chi connectivity index (χ0n) is 17.3. The molecule has 0 spiro atoms. The fraction of sp³-hybridized carbons (Fsp3) is 0.115. The van der Waals surface area contributed by atoms with Gasteiger partial charge in [-0.1, -0.05) is 54.6 Å². The Labute approximate surface area is 187 Å². The number of carboxylic acids is 1. The number of aliphatic carboxylic acids is 1. The van der Waals surface area contributed by atoms with Gasteiger partial charge in [0.15, 0.2) is 0 Å². The van der Waals surface area contributed by atoms with Crippen LogP contribution in [-0.4, -0.2) is 17.4 Å². The van der Waals surface area contributed by atoms with E-state index in [1.807, 2.05) is 42.5 Å². The Morgan fingerprint density at radius 1 is 0.788 bits per heavy atom. The minimum Gasteiger partial charge on any atom is -0.481 e. The first kappa shape index (κ1) is 22.2. The number of carboxylic acid groups (broad SMARTS) is 1. The van der Waals surface area contributed by atoms with Crippen molar-refractivity contribution in [3.05, 3.63) is 90.5 Å². The lowest BCUT2D eigenvalue weighted by molar-refractivity contribution is -0.274. The van der Waals surface area contributed by atoms with E-state index in [1.165, 1.54) is 24.3 Å². The van der Waals surface area contributed by atoms with Crippen LogP contribution in [0.2, 0.25) is 0 Å².